The molecule has 0 aromatic heterocycles. The summed E-state index contributed by atoms with van der Waals surface area (Å²) >= 11 is 0. The van der Waals surface area contributed by atoms with E-state index in [1.807, 2.05) is 20.8 Å². The number of aliphatic imine (C=N–C) groups is 1. The van der Waals surface area contributed by atoms with Crippen LogP contribution in [0.2, 0.25) is 0 Å². The van der Waals surface area contributed by atoms with Crippen LogP contribution in [0.1, 0.15) is 53.9 Å². The van der Waals surface area contributed by atoms with E-state index in [1.165, 1.54) is 0 Å². The number of ether oxygens (including phenoxy) is 1. The number of alkyl carbamates (subject to hydrolysis) is 1. The second kappa shape index (κ2) is 11.2. The minimum atomic E-state index is -0.505. The van der Waals surface area contributed by atoms with Gasteiger partial charge in [-0.05, 0) is 60.7 Å². The largest absolute Gasteiger partial charge is 0.444 e. The minimum absolute atomic E-state index is 0.371. The molecule has 0 aromatic rings. The first kappa shape index (κ1) is 23.5. The van der Waals surface area contributed by atoms with Gasteiger partial charge < -0.3 is 25.6 Å². The van der Waals surface area contributed by atoms with Crippen LogP contribution in [-0.2, 0) is 4.74 Å². The molecule has 0 unspecified atom stereocenters. The predicted molar refractivity (Wildman–Crippen MR) is 105 cm³/mol. The van der Waals surface area contributed by atoms with Crippen molar-refractivity contribution in [3.05, 3.63) is 0 Å². The molecular formula is C18H39N5O2. The molecule has 0 aliphatic carbocycles. The molecule has 0 spiro atoms. The first-order chi connectivity index (χ1) is 11.6. The lowest BCUT2D eigenvalue weighted by Gasteiger charge is -2.34. The average Bonchev–Trinajstić information content (AvgIpc) is 2.50. The average molecular weight is 358 g/mol. The van der Waals surface area contributed by atoms with Crippen LogP contribution < -0.4 is 16.0 Å². The van der Waals surface area contributed by atoms with Crippen molar-refractivity contribution in [1.82, 2.24) is 20.9 Å². The maximum Gasteiger partial charge on any atom is 0.408 e. The van der Waals surface area contributed by atoms with E-state index in [1.54, 1.807) is 7.05 Å². The maximum absolute atomic E-state index is 12.2. The van der Waals surface area contributed by atoms with Crippen LogP contribution in [0.25, 0.3) is 0 Å². The molecule has 0 saturated carbocycles. The molecule has 25 heavy (non-hydrogen) atoms. The Labute approximate surface area is 154 Å². The number of hydrogen-bond acceptors (Lipinski definition) is 4. The van der Waals surface area contributed by atoms with Gasteiger partial charge >= 0.3 is 6.09 Å². The second-order valence-electron chi connectivity index (χ2n) is 7.62. The fourth-order valence-corrected chi connectivity index (χ4v) is 2.32. The minimum Gasteiger partial charge on any atom is -0.444 e. The zero-order valence-electron chi connectivity index (χ0n) is 17.5. The molecule has 1 amide bonds. The molecule has 3 N–H and O–H groups in total. The number of guanidine groups is 1. The van der Waals surface area contributed by atoms with E-state index in [-0.39, 0.29) is 11.6 Å². The zero-order valence-corrected chi connectivity index (χ0v) is 17.5. The van der Waals surface area contributed by atoms with Crippen LogP contribution in [0.15, 0.2) is 4.99 Å². The Morgan fingerprint density at radius 3 is 2.16 bits per heavy atom. The highest BCUT2D eigenvalue weighted by Crippen LogP contribution is 2.16. The van der Waals surface area contributed by atoms with E-state index in [4.69, 9.17) is 4.74 Å². The van der Waals surface area contributed by atoms with Crippen molar-refractivity contribution in [2.45, 2.75) is 65.0 Å². The van der Waals surface area contributed by atoms with Crippen molar-refractivity contribution in [3.63, 3.8) is 0 Å². The number of rotatable bonds is 9. The molecule has 0 atom stereocenters. The van der Waals surface area contributed by atoms with Crippen molar-refractivity contribution in [1.29, 1.82) is 0 Å². The van der Waals surface area contributed by atoms with Crippen LogP contribution in [-0.4, -0.2) is 68.9 Å². The van der Waals surface area contributed by atoms with Crippen LogP contribution in [0.4, 0.5) is 4.79 Å². The van der Waals surface area contributed by atoms with Crippen LogP contribution in [0.5, 0.6) is 0 Å². The Morgan fingerprint density at radius 1 is 1.12 bits per heavy atom. The van der Waals surface area contributed by atoms with E-state index in [9.17, 15) is 4.79 Å². The van der Waals surface area contributed by atoms with Crippen molar-refractivity contribution in [2.75, 3.05) is 40.8 Å². The zero-order chi connectivity index (χ0) is 19.5. The monoisotopic (exact) mass is 357 g/mol. The highest BCUT2D eigenvalue weighted by atomic mass is 16.6. The summed E-state index contributed by atoms with van der Waals surface area (Å²) in [7, 11) is 5.88. The van der Waals surface area contributed by atoms with Gasteiger partial charge in [0.05, 0.1) is 5.54 Å². The van der Waals surface area contributed by atoms with Crippen molar-refractivity contribution < 1.29 is 9.53 Å². The summed E-state index contributed by atoms with van der Waals surface area (Å²) in [6.45, 7) is 12.2. The summed E-state index contributed by atoms with van der Waals surface area (Å²) in [5, 5.41) is 9.66. The molecule has 0 fully saturated rings. The van der Waals surface area contributed by atoms with E-state index >= 15 is 0 Å². The fraction of sp³-hybridized carbons (Fsp3) is 0.889. The summed E-state index contributed by atoms with van der Waals surface area (Å²) < 4.78 is 5.40. The topological polar surface area (TPSA) is 78.0 Å². The Kier molecular flexibility index (Phi) is 10.5. The van der Waals surface area contributed by atoms with Gasteiger partial charge in [0.1, 0.15) is 5.60 Å². The van der Waals surface area contributed by atoms with Crippen molar-refractivity contribution in [2.24, 2.45) is 4.99 Å². The number of carbonyl (C=O) groups excluding carboxylic acids is 1. The molecule has 148 valence electrons. The number of amides is 1. The smallest absolute Gasteiger partial charge is 0.408 e. The Balaban J connectivity index is 4.59. The SMILES string of the molecule is CCC(CC)(CNC(=NC)NCCCN(C)C)NC(=O)OC(C)(C)C. The third-order valence-electron chi connectivity index (χ3n) is 4.01. The highest BCUT2D eigenvalue weighted by Gasteiger charge is 2.30. The second-order valence-corrected chi connectivity index (χ2v) is 7.62. The molecule has 0 rings (SSSR count). The highest BCUT2D eigenvalue weighted by molar-refractivity contribution is 5.79. The van der Waals surface area contributed by atoms with Crippen molar-refractivity contribution in [3.8, 4) is 0 Å². The van der Waals surface area contributed by atoms with Crippen LogP contribution >= 0.6 is 0 Å². The third-order valence-corrected chi connectivity index (χ3v) is 4.01. The summed E-state index contributed by atoms with van der Waals surface area (Å²) in [5.41, 5.74) is -0.877. The molecule has 0 bridgehead atoms. The van der Waals surface area contributed by atoms with Crippen LogP contribution in [0.3, 0.4) is 0 Å². The normalized spacial score (nSPS) is 12.9. The van der Waals surface area contributed by atoms with Gasteiger partial charge in [-0.1, -0.05) is 13.8 Å². The number of hydrogen-bond donors (Lipinski definition) is 3. The summed E-state index contributed by atoms with van der Waals surface area (Å²) in [6, 6.07) is 0. The van der Waals surface area contributed by atoms with E-state index in [0.29, 0.717) is 6.54 Å². The van der Waals surface area contributed by atoms with Gasteiger partial charge in [0.25, 0.3) is 0 Å². The van der Waals surface area contributed by atoms with Gasteiger partial charge in [-0.3, -0.25) is 4.99 Å². The van der Waals surface area contributed by atoms with E-state index < -0.39 is 5.60 Å². The molecule has 7 nitrogen and oxygen atoms in total. The first-order valence-corrected chi connectivity index (χ1v) is 9.18. The molecule has 0 saturated heterocycles. The van der Waals surface area contributed by atoms with Crippen molar-refractivity contribution >= 4 is 12.1 Å². The quantitative estimate of drug-likeness (QED) is 0.335. The Morgan fingerprint density at radius 2 is 1.72 bits per heavy atom. The lowest BCUT2D eigenvalue weighted by atomic mass is 9.93. The molecule has 0 aromatic carbocycles. The molecular weight excluding hydrogens is 318 g/mol. The molecule has 0 radical (unpaired) electrons. The summed E-state index contributed by atoms with van der Waals surface area (Å²) in [5.74, 6) is 0.746. The molecule has 7 heteroatoms. The van der Waals surface area contributed by atoms with Gasteiger partial charge in [0.15, 0.2) is 5.96 Å². The van der Waals surface area contributed by atoms with E-state index in [0.717, 1.165) is 38.3 Å². The first-order valence-electron chi connectivity index (χ1n) is 9.18. The summed E-state index contributed by atoms with van der Waals surface area (Å²) in [4.78, 5) is 18.6. The third kappa shape index (κ3) is 10.9. The van der Waals surface area contributed by atoms with Gasteiger partial charge in [-0.25, -0.2) is 4.79 Å². The van der Waals surface area contributed by atoms with Crippen LogP contribution in [0, 0.1) is 0 Å². The van der Waals surface area contributed by atoms with E-state index in [2.05, 4.69) is 53.8 Å². The summed E-state index contributed by atoms with van der Waals surface area (Å²) in [6.07, 6.45) is 2.25. The predicted octanol–water partition coefficient (Wildman–Crippen LogP) is 2.19. The number of nitrogens with one attached hydrogen (secondary N) is 3. The maximum atomic E-state index is 12.2. The van der Waals surface area contributed by atoms with Gasteiger partial charge in [0, 0.05) is 20.1 Å². The van der Waals surface area contributed by atoms with Gasteiger partial charge in [-0.15, -0.1) is 0 Å². The lowest BCUT2D eigenvalue weighted by Crippen LogP contribution is -2.57. The standard InChI is InChI=1S/C18H39N5O2/c1-9-18(10-2,22-16(24)25-17(3,4)5)14-21-15(19-6)20-12-11-13-23(7)8/h9-14H2,1-8H3,(H,22,24)(H2,19,20,21). The molecule has 0 heterocycles. The Bertz CT molecular complexity index is 412. The number of carbonyl (C=O) groups is 1. The van der Waals surface area contributed by atoms with Gasteiger partial charge in [0.2, 0.25) is 0 Å². The molecule has 0 aliphatic heterocycles. The fourth-order valence-electron chi connectivity index (χ4n) is 2.32. The number of nitrogens with zero attached hydrogens (tertiary/aromatic N) is 2. The lowest BCUT2D eigenvalue weighted by molar-refractivity contribution is 0.0448. The molecule has 0 aliphatic rings. The van der Waals surface area contributed by atoms with Gasteiger partial charge in [-0.2, -0.15) is 0 Å². The Hall–Kier alpha value is -1.50.